The first kappa shape index (κ1) is 9.71. The van der Waals surface area contributed by atoms with E-state index in [1.165, 1.54) is 7.11 Å². The number of Topliss-reactive ketones (excluding diaryl/α,β-unsaturated/α-hetero) is 1. The Morgan fingerprint density at radius 2 is 2.00 bits per heavy atom. The lowest BCUT2D eigenvalue weighted by Crippen LogP contribution is -2.17. The maximum Gasteiger partial charge on any atom is 0.317 e. The van der Waals surface area contributed by atoms with Gasteiger partial charge in [0.1, 0.15) is 5.92 Å². The quantitative estimate of drug-likeness (QED) is 0.450. The molecule has 70 valence electrons. The van der Waals surface area contributed by atoms with Crippen LogP contribution in [0, 0.1) is 5.92 Å². The molecular formula is C10H12O3. The first-order chi connectivity index (χ1) is 6.00. The van der Waals surface area contributed by atoms with Gasteiger partial charge in [-0.2, -0.15) is 0 Å². The third kappa shape index (κ3) is 1.30. The number of ketones is 1. The van der Waals surface area contributed by atoms with Gasteiger partial charge in [-0.15, -0.1) is 0 Å². The van der Waals surface area contributed by atoms with Crippen molar-refractivity contribution < 1.29 is 14.3 Å². The number of rotatable bonds is 1. The zero-order valence-electron chi connectivity index (χ0n) is 8.01. The second-order valence-corrected chi connectivity index (χ2v) is 3.12. The molecule has 3 nitrogen and oxygen atoms in total. The van der Waals surface area contributed by atoms with Crippen LogP contribution in [-0.2, 0) is 14.3 Å². The van der Waals surface area contributed by atoms with Crippen LogP contribution in [0.3, 0.4) is 0 Å². The Morgan fingerprint density at radius 3 is 2.31 bits per heavy atom. The Morgan fingerprint density at radius 1 is 1.46 bits per heavy atom. The summed E-state index contributed by atoms with van der Waals surface area (Å²) in [4.78, 5) is 22.6. The van der Waals surface area contributed by atoms with Crippen molar-refractivity contribution in [1.29, 1.82) is 0 Å². The summed E-state index contributed by atoms with van der Waals surface area (Å²) in [6.07, 6.45) is 0. The molecule has 0 saturated heterocycles. The molecule has 0 N–H and O–H groups in total. The maximum atomic E-state index is 11.4. The van der Waals surface area contributed by atoms with E-state index in [0.29, 0.717) is 11.1 Å². The lowest BCUT2D eigenvalue weighted by molar-refractivity contribution is -0.143. The second kappa shape index (κ2) is 3.17. The number of allylic oxidation sites excluding steroid dienone is 1. The van der Waals surface area contributed by atoms with Crippen molar-refractivity contribution >= 4 is 11.8 Å². The maximum absolute atomic E-state index is 11.4. The highest BCUT2D eigenvalue weighted by atomic mass is 16.5. The predicted molar refractivity (Wildman–Crippen MR) is 48.0 cm³/mol. The van der Waals surface area contributed by atoms with Crippen molar-refractivity contribution in [2.45, 2.75) is 13.8 Å². The summed E-state index contributed by atoms with van der Waals surface area (Å²) in [7, 11) is 1.31. The van der Waals surface area contributed by atoms with Gasteiger partial charge < -0.3 is 4.74 Å². The number of methoxy groups -OCH3 is 1. The molecule has 0 aromatic carbocycles. The van der Waals surface area contributed by atoms with E-state index in [4.69, 9.17) is 0 Å². The van der Waals surface area contributed by atoms with E-state index < -0.39 is 11.9 Å². The van der Waals surface area contributed by atoms with Gasteiger partial charge in [0.15, 0.2) is 5.78 Å². The van der Waals surface area contributed by atoms with Crippen molar-refractivity contribution in [2.24, 2.45) is 5.92 Å². The monoisotopic (exact) mass is 180 g/mol. The zero-order valence-corrected chi connectivity index (χ0v) is 8.01. The Kier molecular flexibility index (Phi) is 2.36. The summed E-state index contributed by atoms with van der Waals surface area (Å²) in [5.41, 5.74) is 1.68. The Balaban J connectivity index is 3.09. The van der Waals surface area contributed by atoms with Crippen LogP contribution in [0.4, 0.5) is 0 Å². The highest BCUT2D eigenvalue weighted by molar-refractivity contribution is 6.15. The van der Waals surface area contributed by atoms with Gasteiger partial charge in [-0.3, -0.25) is 9.59 Å². The van der Waals surface area contributed by atoms with Crippen LogP contribution in [-0.4, -0.2) is 18.9 Å². The molecule has 0 spiro atoms. The molecule has 0 aromatic heterocycles. The molecule has 3 heteroatoms. The minimum atomic E-state index is -0.558. The standard InChI is InChI=1S/C10H12O3/c1-5-6(2)9(11)7(3)8(5)10(12)13-4/h8H,3H2,1-2,4H3/t8-/m1/s1. The molecule has 0 fully saturated rings. The molecule has 0 bridgehead atoms. The van der Waals surface area contributed by atoms with Crippen LogP contribution >= 0.6 is 0 Å². The first-order valence-electron chi connectivity index (χ1n) is 3.99. The van der Waals surface area contributed by atoms with Gasteiger partial charge in [-0.1, -0.05) is 6.58 Å². The molecule has 0 saturated carbocycles. The van der Waals surface area contributed by atoms with E-state index in [0.717, 1.165) is 5.57 Å². The molecule has 0 aliphatic heterocycles. The molecule has 1 rings (SSSR count). The van der Waals surface area contributed by atoms with E-state index in [1.54, 1.807) is 13.8 Å². The Hall–Kier alpha value is -1.38. The van der Waals surface area contributed by atoms with Gasteiger partial charge >= 0.3 is 5.97 Å². The average molecular weight is 180 g/mol. The molecule has 1 aliphatic carbocycles. The molecule has 13 heavy (non-hydrogen) atoms. The van der Waals surface area contributed by atoms with Crippen LogP contribution in [0.15, 0.2) is 23.3 Å². The molecule has 1 aliphatic rings. The Labute approximate surface area is 77.1 Å². The lowest BCUT2D eigenvalue weighted by atomic mass is 9.99. The number of carbonyl (C=O) groups is 2. The van der Waals surface area contributed by atoms with E-state index in [-0.39, 0.29) is 5.78 Å². The first-order valence-corrected chi connectivity index (χ1v) is 3.99. The van der Waals surface area contributed by atoms with Crippen molar-refractivity contribution in [3.63, 3.8) is 0 Å². The minimum absolute atomic E-state index is 0.132. The fraction of sp³-hybridized carbons (Fsp3) is 0.400. The van der Waals surface area contributed by atoms with Gasteiger partial charge in [0.25, 0.3) is 0 Å². The van der Waals surface area contributed by atoms with Crippen LogP contribution in [0.1, 0.15) is 13.8 Å². The smallest absolute Gasteiger partial charge is 0.317 e. The summed E-state index contributed by atoms with van der Waals surface area (Å²) in [6.45, 7) is 7.05. The van der Waals surface area contributed by atoms with E-state index >= 15 is 0 Å². The molecule has 0 heterocycles. The molecule has 0 amide bonds. The van der Waals surface area contributed by atoms with Crippen LogP contribution in [0.2, 0.25) is 0 Å². The van der Waals surface area contributed by atoms with E-state index in [9.17, 15) is 9.59 Å². The largest absolute Gasteiger partial charge is 0.468 e. The van der Waals surface area contributed by atoms with E-state index in [2.05, 4.69) is 11.3 Å². The highest BCUT2D eigenvalue weighted by Crippen LogP contribution is 2.32. The fourth-order valence-electron chi connectivity index (χ4n) is 1.47. The SMILES string of the molecule is C=C1C(=O)C(C)=C(C)[C@H]1C(=O)OC. The Bertz CT molecular complexity index is 323. The third-order valence-electron chi connectivity index (χ3n) is 2.44. The lowest BCUT2D eigenvalue weighted by Gasteiger charge is -2.08. The molecule has 0 unspecified atom stereocenters. The molecule has 0 aromatic rings. The van der Waals surface area contributed by atoms with Crippen LogP contribution in [0.5, 0.6) is 0 Å². The van der Waals surface area contributed by atoms with Gasteiger partial charge in [-0.25, -0.2) is 0 Å². The summed E-state index contributed by atoms with van der Waals surface area (Å²) in [6, 6.07) is 0. The van der Waals surface area contributed by atoms with Crippen molar-refractivity contribution in [2.75, 3.05) is 7.11 Å². The molecular weight excluding hydrogens is 168 g/mol. The fourth-order valence-corrected chi connectivity index (χ4v) is 1.47. The third-order valence-corrected chi connectivity index (χ3v) is 2.44. The van der Waals surface area contributed by atoms with E-state index in [1.807, 2.05) is 0 Å². The molecule has 0 radical (unpaired) electrons. The summed E-state index contributed by atoms with van der Waals surface area (Å²) >= 11 is 0. The average Bonchev–Trinajstić information content (AvgIpc) is 2.30. The number of ether oxygens (including phenoxy) is 1. The van der Waals surface area contributed by atoms with Crippen molar-refractivity contribution in [3.05, 3.63) is 23.3 Å². The van der Waals surface area contributed by atoms with Gasteiger partial charge in [0, 0.05) is 5.57 Å². The summed E-state index contributed by atoms with van der Waals surface area (Å²) in [5, 5.41) is 0. The normalized spacial score (nSPS) is 22.5. The van der Waals surface area contributed by atoms with Gasteiger partial charge in [-0.05, 0) is 25.0 Å². The number of esters is 1. The van der Waals surface area contributed by atoms with Gasteiger partial charge in [0.2, 0.25) is 0 Å². The highest BCUT2D eigenvalue weighted by Gasteiger charge is 2.36. The second-order valence-electron chi connectivity index (χ2n) is 3.12. The number of hydrogen-bond acceptors (Lipinski definition) is 3. The zero-order chi connectivity index (χ0) is 10.2. The summed E-state index contributed by atoms with van der Waals surface area (Å²) < 4.78 is 4.59. The number of carbonyl (C=O) groups excluding carboxylic acids is 2. The van der Waals surface area contributed by atoms with Crippen molar-refractivity contribution in [3.8, 4) is 0 Å². The van der Waals surface area contributed by atoms with Crippen molar-refractivity contribution in [1.82, 2.24) is 0 Å². The topological polar surface area (TPSA) is 43.4 Å². The summed E-state index contributed by atoms with van der Waals surface area (Å²) in [5.74, 6) is -1.10. The molecule has 1 atom stereocenters. The van der Waals surface area contributed by atoms with Gasteiger partial charge in [0.05, 0.1) is 7.11 Å². The van der Waals surface area contributed by atoms with Crippen LogP contribution < -0.4 is 0 Å². The minimum Gasteiger partial charge on any atom is -0.468 e. The number of hydrogen-bond donors (Lipinski definition) is 0. The predicted octanol–water partition coefficient (Wildman–Crippen LogP) is 1.25. The van der Waals surface area contributed by atoms with Crippen LogP contribution in [0.25, 0.3) is 0 Å².